The highest BCUT2D eigenvalue weighted by molar-refractivity contribution is 7.14. The minimum Gasteiger partial charge on any atom is -0.491 e. The molecule has 2 aromatic rings. The summed E-state index contributed by atoms with van der Waals surface area (Å²) in [6.07, 6.45) is 0.556. The van der Waals surface area contributed by atoms with Crippen LogP contribution >= 0.6 is 11.3 Å². The number of carbonyl (C=O) groups excluding carboxylic acids is 1. The number of hydrogen-bond acceptors (Lipinski definition) is 4. The van der Waals surface area contributed by atoms with Crippen molar-refractivity contribution >= 4 is 17.2 Å². The molecule has 0 unspecified atom stereocenters. The first-order chi connectivity index (χ1) is 13.2. The fourth-order valence-electron chi connectivity index (χ4n) is 4.77. The molecule has 4 rings (SSSR count). The molecule has 5 heteroatoms. The monoisotopic (exact) mass is 399 g/mol. The highest BCUT2D eigenvalue weighted by Gasteiger charge is 2.63. The van der Waals surface area contributed by atoms with Crippen LogP contribution in [0.5, 0.6) is 5.75 Å². The van der Waals surface area contributed by atoms with Gasteiger partial charge in [-0.1, -0.05) is 26.0 Å². The summed E-state index contributed by atoms with van der Waals surface area (Å²) in [5.41, 5.74) is 5.21. The fourth-order valence-corrected chi connectivity index (χ4v) is 5.92. The Morgan fingerprint density at radius 3 is 2.82 bits per heavy atom. The van der Waals surface area contributed by atoms with E-state index in [1.807, 2.05) is 25.1 Å². The van der Waals surface area contributed by atoms with E-state index >= 15 is 0 Å². The number of fused-ring (bicyclic) bond motifs is 3. The lowest BCUT2D eigenvalue weighted by molar-refractivity contribution is 0.0954. The fraction of sp³-hybridized carbons (Fsp3) is 0.522. The summed E-state index contributed by atoms with van der Waals surface area (Å²) in [5.74, 6) is 2.18. The second-order valence-corrected chi connectivity index (χ2v) is 10.2. The lowest BCUT2D eigenvalue weighted by Crippen LogP contribution is -2.23. The van der Waals surface area contributed by atoms with E-state index in [0.717, 1.165) is 28.2 Å². The van der Waals surface area contributed by atoms with Crippen molar-refractivity contribution in [2.45, 2.75) is 59.6 Å². The van der Waals surface area contributed by atoms with Gasteiger partial charge < -0.3 is 15.2 Å². The van der Waals surface area contributed by atoms with Gasteiger partial charge in [0.2, 0.25) is 0 Å². The van der Waals surface area contributed by atoms with Crippen LogP contribution in [0, 0.1) is 25.2 Å². The second-order valence-electron chi connectivity index (χ2n) is 8.93. The van der Waals surface area contributed by atoms with Gasteiger partial charge in [-0.2, -0.15) is 0 Å². The molecule has 0 radical (unpaired) electrons. The molecule has 1 fully saturated rings. The number of amides is 1. The van der Waals surface area contributed by atoms with Gasteiger partial charge in [0.05, 0.1) is 11.0 Å². The molecule has 3 atom stereocenters. The first-order valence-corrected chi connectivity index (χ1v) is 10.8. The molecule has 2 N–H and O–H groups in total. The molecule has 4 nitrogen and oxygen atoms in total. The zero-order chi connectivity index (χ0) is 20.2. The summed E-state index contributed by atoms with van der Waals surface area (Å²) in [4.78, 5) is 15.1. The Balaban J connectivity index is 1.42. The molecule has 0 aliphatic heterocycles. The predicted molar refractivity (Wildman–Crippen MR) is 112 cm³/mol. The molecule has 28 heavy (non-hydrogen) atoms. The summed E-state index contributed by atoms with van der Waals surface area (Å²) < 4.78 is 5.60. The Morgan fingerprint density at radius 1 is 1.39 bits per heavy atom. The molecule has 150 valence electrons. The van der Waals surface area contributed by atoms with Crippen LogP contribution in [0.3, 0.4) is 0 Å². The summed E-state index contributed by atoms with van der Waals surface area (Å²) in [7, 11) is 0. The quantitative estimate of drug-likeness (QED) is 0.759. The predicted octanol–water partition coefficient (Wildman–Crippen LogP) is 4.35. The Hall–Kier alpha value is -1.85. The molecule has 2 aliphatic carbocycles. The van der Waals surface area contributed by atoms with Gasteiger partial charge in [-0.15, -0.1) is 11.3 Å². The molecule has 0 spiro atoms. The van der Waals surface area contributed by atoms with Gasteiger partial charge >= 0.3 is 0 Å². The number of aryl methyl sites for hydroxylation is 2. The summed E-state index contributed by atoms with van der Waals surface area (Å²) in [6.45, 7) is 11.3. The number of carbonyl (C=O) groups is 1. The standard InChI is InChI=1S/C23H29NO3S/c1-12-8-15(6-7-18(12)27-11-13(2)25)10-24-22(26)21-16-9-17-20(23(17,4)5)19(16)14(3)28-21/h6-8,13,17,20,25H,9-11H2,1-5H3,(H,24,26)/t13-,17-,20-/m1/s1. The third kappa shape index (κ3) is 3.25. The largest absolute Gasteiger partial charge is 0.491 e. The Bertz CT molecular complexity index is 928. The minimum absolute atomic E-state index is 0.0422. The smallest absolute Gasteiger partial charge is 0.261 e. The van der Waals surface area contributed by atoms with Crippen molar-refractivity contribution in [2.75, 3.05) is 6.61 Å². The van der Waals surface area contributed by atoms with E-state index in [1.54, 1.807) is 18.3 Å². The molecule has 0 bridgehead atoms. The SMILES string of the molecule is Cc1cc(CNC(=O)c2sc(C)c3c2C[C@@H]2[C@H]3C2(C)C)ccc1OC[C@@H](C)O. The van der Waals surface area contributed by atoms with Gasteiger partial charge in [0.15, 0.2) is 0 Å². The normalized spacial score (nSPS) is 22.4. The molecular weight excluding hydrogens is 370 g/mol. The maximum Gasteiger partial charge on any atom is 0.261 e. The molecular formula is C23H29NO3S. The van der Waals surface area contributed by atoms with Crippen LogP contribution in [-0.2, 0) is 13.0 Å². The Labute approximate surface area is 170 Å². The maximum absolute atomic E-state index is 12.9. The number of nitrogens with one attached hydrogen (secondary N) is 1. The van der Waals surface area contributed by atoms with E-state index in [-0.39, 0.29) is 12.5 Å². The van der Waals surface area contributed by atoms with E-state index in [1.165, 1.54) is 16.0 Å². The lowest BCUT2D eigenvalue weighted by atomic mass is 9.95. The molecule has 0 saturated heterocycles. The average molecular weight is 400 g/mol. The first-order valence-electron chi connectivity index (χ1n) is 10.0. The van der Waals surface area contributed by atoms with Gasteiger partial charge in [-0.05, 0) is 72.8 Å². The third-order valence-corrected chi connectivity index (χ3v) is 7.56. The first kappa shape index (κ1) is 19.5. The summed E-state index contributed by atoms with van der Waals surface area (Å²) >= 11 is 1.65. The minimum atomic E-state index is -0.494. The summed E-state index contributed by atoms with van der Waals surface area (Å²) in [6, 6.07) is 5.90. The zero-order valence-corrected chi connectivity index (χ0v) is 18.1. The van der Waals surface area contributed by atoms with E-state index < -0.39 is 6.10 Å². The molecule has 2 aliphatic rings. The van der Waals surface area contributed by atoms with Crippen LogP contribution in [-0.4, -0.2) is 23.7 Å². The molecule has 1 aromatic heterocycles. The van der Waals surface area contributed by atoms with Crippen molar-refractivity contribution in [3.05, 3.63) is 50.2 Å². The van der Waals surface area contributed by atoms with Gasteiger partial charge in [0.25, 0.3) is 5.91 Å². The van der Waals surface area contributed by atoms with Crippen LogP contribution in [0.25, 0.3) is 0 Å². The van der Waals surface area contributed by atoms with Crippen LogP contribution < -0.4 is 10.1 Å². The maximum atomic E-state index is 12.9. The van der Waals surface area contributed by atoms with Crippen molar-refractivity contribution in [1.29, 1.82) is 0 Å². The van der Waals surface area contributed by atoms with E-state index in [0.29, 0.717) is 23.8 Å². The topological polar surface area (TPSA) is 58.6 Å². The molecule has 1 aromatic carbocycles. The van der Waals surface area contributed by atoms with Crippen LogP contribution in [0.2, 0.25) is 0 Å². The average Bonchev–Trinajstić information content (AvgIpc) is 2.95. The van der Waals surface area contributed by atoms with Crippen LogP contribution in [0.1, 0.15) is 63.5 Å². The van der Waals surface area contributed by atoms with Crippen molar-refractivity contribution in [3.63, 3.8) is 0 Å². The molecule has 1 heterocycles. The highest BCUT2D eigenvalue weighted by Crippen LogP contribution is 2.71. The van der Waals surface area contributed by atoms with E-state index in [2.05, 4.69) is 26.1 Å². The Kier molecular flexibility index (Phi) is 4.79. The third-order valence-electron chi connectivity index (χ3n) is 6.40. The van der Waals surface area contributed by atoms with Crippen molar-refractivity contribution < 1.29 is 14.6 Å². The van der Waals surface area contributed by atoms with Crippen LogP contribution in [0.4, 0.5) is 0 Å². The number of hydrogen-bond donors (Lipinski definition) is 2. The number of rotatable bonds is 6. The van der Waals surface area contributed by atoms with Crippen molar-refractivity contribution in [2.24, 2.45) is 11.3 Å². The number of ether oxygens (including phenoxy) is 1. The van der Waals surface area contributed by atoms with Crippen molar-refractivity contribution in [1.82, 2.24) is 5.32 Å². The van der Waals surface area contributed by atoms with E-state index in [4.69, 9.17) is 4.74 Å². The van der Waals surface area contributed by atoms with Crippen LogP contribution in [0.15, 0.2) is 18.2 Å². The number of benzene rings is 1. The molecule has 1 amide bonds. The van der Waals surface area contributed by atoms with Gasteiger partial charge in [0, 0.05) is 11.4 Å². The second kappa shape index (κ2) is 6.89. The summed E-state index contributed by atoms with van der Waals surface area (Å²) in [5, 5.41) is 12.5. The zero-order valence-electron chi connectivity index (χ0n) is 17.3. The van der Waals surface area contributed by atoms with Gasteiger partial charge in [0.1, 0.15) is 12.4 Å². The lowest BCUT2D eigenvalue weighted by Gasteiger charge is -2.13. The number of aliphatic hydroxyl groups excluding tert-OH is 1. The number of thiophene rings is 1. The van der Waals surface area contributed by atoms with E-state index in [9.17, 15) is 9.90 Å². The number of aliphatic hydroxyl groups is 1. The van der Waals surface area contributed by atoms with Gasteiger partial charge in [-0.25, -0.2) is 0 Å². The highest BCUT2D eigenvalue weighted by atomic mass is 32.1. The van der Waals surface area contributed by atoms with Crippen molar-refractivity contribution in [3.8, 4) is 5.75 Å². The van der Waals surface area contributed by atoms with Gasteiger partial charge in [-0.3, -0.25) is 4.79 Å². The molecule has 1 saturated carbocycles. The Morgan fingerprint density at radius 2 is 2.14 bits per heavy atom.